The lowest BCUT2D eigenvalue weighted by molar-refractivity contribution is -0.139. The van der Waals surface area contributed by atoms with Gasteiger partial charge < -0.3 is 10.2 Å². The van der Waals surface area contributed by atoms with E-state index in [4.69, 9.17) is 0 Å². The molecule has 2 amide bonds. The largest absolute Gasteiger partial charge is 0.352 e. The van der Waals surface area contributed by atoms with Crippen LogP contribution in [-0.2, 0) is 31.6 Å². The number of carbonyl (C=O) groups excluding carboxylic acids is 2. The van der Waals surface area contributed by atoms with E-state index in [1.54, 1.807) is 6.92 Å². The molecular weight excluding hydrogens is 602 g/mol. The summed E-state index contributed by atoms with van der Waals surface area (Å²) < 4.78 is 28.1. The summed E-state index contributed by atoms with van der Waals surface area (Å²) in [5.41, 5.74) is 2.82. The second kappa shape index (κ2) is 11.7. The van der Waals surface area contributed by atoms with Crippen molar-refractivity contribution in [1.82, 2.24) is 10.2 Å². The van der Waals surface area contributed by atoms with Crippen LogP contribution in [0.1, 0.15) is 70.4 Å². The number of carbonyl (C=O) groups is 2. The van der Waals surface area contributed by atoms with E-state index in [2.05, 4.69) is 33.4 Å². The summed E-state index contributed by atoms with van der Waals surface area (Å²) in [7, 11) is -3.77. The molecule has 0 aliphatic heterocycles. The van der Waals surface area contributed by atoms with Gasteiger partial charge in [-0.3, -0.25) is 13.9 Å². The molecule has 1 atom stereocenters. The summed E-state index contributed by atoms with van der Waals surface area (Å²) in [4.78, 5) is 28.2. The number of rotatable bonds is 10. The van der Waals surface area contributed by atoms with Gasteiger partial charge in [0.2, 0.25) is 21.8 Å². The zero-order chi connectivity index (χ0) is 29.5. The minimum absolute atomic E-state index is 0.0883. The first kappa shape index (κ1) is 30.1. The zero-order valence-corrected chi connectivity index (χ0v) is 26.9. The summed E-state index contributed by atoms with van der Waals surface area (Å²) >= 11 is 3.43. The second-order valence-corrected chi connectivity index (χ2v) is 15.8. The van der Waals surface area contributed by atoms with Crippen molar-refractivity contribution in [2.75, 3.05) is 17.1 Å². The molecule has 9 heteroatoms. The number of anilines is 1. The van der Waals surface area contributed by atoms with Crippen molar-refractivity contribution in [3.8, 4) is 0 Å². The van der Waals surface area contributed by atoms with Gasteiger partial charge in [0.05, 0.1) is 11.9 Å². The maximum Gasteiger partial charge on any atom is 0.244 e. The minimum atomic E-state index is -3.77. The number of amides is 2. The Labute approximate surface area is 253 Å². The van der Waals surface area contributed by atoms with Crippen LogP contribution in [0.5, 0.6) is 0 Å². The fourth-order valence-corrected chi connectivity index (χ4v) is 8.95. The molecule has 4 bridgehead atoms. The molecule has 4 aliphatic rings. The third-order valence-corrected chi connectivity index (χ3v) is 11.0. The van der Waals surface area contributed by atoms with Gasteiger partial charge in [0.15, 0.2) is 0 Å². The van der Waals surface area contributed by atoms with Gasteiger partial charge in [0, 0.05) is 17.1 Å². The quantitative estimate of drug-likeness (QED) is 0.364. The maximum absolute atomic E-state index is 13.8. The summed E-state index contributed by atoms with van der Waals surface area (Å²) in [6, 6.07) is 14.5. The van der Waals surface area contributed by atoms with Crippen molar-refractivity contribution >= 4 is 43.5 Å². The Morgan fingerprint density at radius 1 is 0.927 bits per heavy atom. The summed E-state index contributed by atoms with van der Waals surface area (Å²) in [5.74, 6) is 1.74. The van der Waals surface area contributed by atoms with Crippen LogP contribution in [0, 0.1) is 17.8 Å². The van der Waals surface area contributed by atoms with E-state index in [0.717, 1.165) is 34.0 Å². The molecule has 222 valence electrons. The Bertz CT molecular complexity index is 1340. The van der Waals surface area contributed by atoms with Crippen LogP contribution in [0.15, 0.2) is 53.0 Å². The van der Waals surface area contributed by atoms with Gasteiger partial charge in [-0.2, -0.15) is 0 Å². The molecule has 0 heterocycles. The highest BCUT2D eigenvalue weighted by atomic mass is 79.9. The first-order valence-corrected chi connectivity index (χ1v) is 17.4. The van der Waals surface area contributed by atoms with Crippen molar-refractivity contribution in [2.45, 2.75) is 83.3 Å². The molecule has 1 N–H and O–H groups in total. The molecule has 6 rings (SSSR count). The van der Waals surface area contributed by atoms with Crippen LogP contribution < -0.4 is 9.62 Å². The summed E-state index contributed by atoms with van der Waals surface area (Å²) in [5, 5.41) is 2.88. The summed E-state index contributed by atoms with van der Waals surface area (Å²) in [6.07, 6.45) is 8.92. The Morgan fingerprint density at radius 3 is 1.95 bits per heavy atom. The van der Waals surface area contributed by atoms with Gasteiger partial charge in [0.1, 0.15) is 12.6 Å². The topological polar surface area (TPSA) is 86.8 Å². The van der Waals surface area contributed by atoms with Crippen LogP contribution in [0.25, 0.3) is 0 Å². The van der Waals surface area contributed by atoms with E-state index in [-0.39, 0.29) is 30.5 Å². The predicted molar refractivity (Wildman–Crippen MR) is 166 cm³/mol. The van der Waals surface area contributed by atoms with Crippen molar-refractivity contribution in [2.24, 2.45) is 17.8 Å². The lowest BCUT2D eigenvalue weighted by Crippen LogP contribution is -2.52. The van der Waals surface area contributed by atoms with E-state index < -0.39 is 22.0 Å². The van der Waals surface area contributed by atoms with Crippen LogP contribution in [0.4, 0.5) is 5.69 Å². The lowest BCUT2D eigenvalue weighted by Gasteiger charge is -2.57. The molecule has 2 aromatic carbocycles. The van der Waals surface area contributed by atoms with Gasteiger partial charge >= 0.3 is 0 Å². The van der Waals surface area contributed by atoms with E-state index in [1.807, 2.05) is 50.2 Å². The number of halogens is 1. The number of nitrogens with zero attached hydrogens (tertiary/aromatic N) is 2. The Hall–Kier alpha value is -2.39. The third kappa shape index (κ3) is 6.66. The van der Waals surface area contributed by atoms with Crippen molar-refractivity contribution < 1.29 is 18.0 Å². The molecule has 0 saturated heterocycles. The molecule has 2 aromatic rings. The number of sulfonamides is 1. The minimum Gasteiger partial charge on any atom is -0.352 e. The fraction of sp³-hybridized carbons (Fsp3) is 0.562. The summed E-state index contributed by atoms with van der Waals surface area (Å²) in [6.45, 7) is 5.21. The average molecular weight is 645 g/mol. The molecule has 0 unspecified atom stereocenters. The Morgan fingerprint density at radius 2 is 1.46 bits per heavy atom. The molecule has 4 saturated carbocycles. The SMILES string of the molecule is CC(C)NC(=O)[C@@H](C)N(Cc1ccc(Br)cc1)C(=O)CN(c1ccc(C23CC4CC(CC(C4)C2)C3)cc1)S(C)(=O)=O. The molecular formula is C32H42BrN3O4S. The highest BCUT2D eigenvalue weighted by Crippen LogP contribution is 2.60. The standard InChI is InChI=1S/C32H42BrN3O4S/c1-21(2)34-31(38)22(3)35(19-23-5-9-28(33)10-6-23)30(37)20-36(41(4,39)40)29-11-7-27(8-12-29)32-16-24-13-25(17-32)15-26(14-24)18-32/h5-12,21-22,24-26H,13-20H2,1-4H3,(H,34,38)/t22-,24?,25?,26?,32?/m1/s1. The van der Waals surface area contributed by atoms with Gasteiger partial charge in [-0.15, -0.1) is 0 Å². The number of hydrogen-bond acceptors (Lipinski definition) is 4. The second-order valence-electron chi connectivity index (χ2n) is 13.0. The van der Waals surface area contributed by atoms with Gasteiger partial charge in [-0.05, 0) is 118 Å². The van der Waals surface area contributed by atoms with Gasteiger partial charge in [-0.1, -0.05) is 40.2 Å². The fourth-order valence-electron chi connectivity index (χ4n) is 7.83. The first-order valence-electron chi connectivity index (χ1n) is 14.8. The maximum atomic E-state index is 13.8. The Kier molecular flexibility index (Phi) is 8.59. The predicted octanol–water partition coefficient (Wildman–Crippen LogP) is 5.62. The lowest BCUT2D eigenvalue weighted by atomic mass is 9.48. The Balaban J connectivity index is 1.38. The van der Waals surface area contributed by atoms with E-state index in [1.165, 1.54) is 53.3 Å². The van der Waals surface area contributed by atoms with Crippen LogP contribution in [0.3, 0.4) is 0 Å². The third-order valence-electron chi connectivity index (χ3n) is 9.35. The molecule has 7 nitrogen and oxygen atoms in total. The molecule has 4 fully saturated rings. The van der Waals surface area contributed by atoms with E-state index in [0.29, 0.717) is 5.69 Å². The van der Waals surface area contributed by atoms with E-state index >= 15 is 0 Å². The van der Waals surface area contributed by atoms with Crippen LogP contribution >= 0.6 is 15.9 Å². The zero-order valence-electron chi connectivity index (χ0n) is 24.5. The first-order chi connectivity index (χ1) is 19.3. The molecule has 4 aliphatic carbocycles. The molecule has 0 spiro atoms. The molecule has 0 aromatic heterocycles. The molecule has 0 radical (unpaired) electrons. The highest BCUT2D eigenvalue weighted by molar-refractivity contribution is 9.10. The van der Waals surface area contributed by atoms with Crippen molar-refractivity contribution in [3.63, 3.8) is 0 Å². The number of hydrogen-bond donors (Lipinski definition) is 1. The van der Waals surface area contributed by atoms with Crippen LogP contribution in [0.2, 0.25) is 0 Å². The number of nitrogens with one attached hydrogen (secondary N) is 1. The van der Waals surface area contributed by atoms with Crippen LogP contribution in [-0.4, -0.2) is 50.0 Å². The normalized spacial score (nSPS) is 25.7. The average Bonchev–Trinajstić information content (AvgIpc) is 2.89. The van der Waals surface area contributed by atoms with Gasteiger partial charge in [-0.25, -0.2) is 8.42 Å². The van der Waals surface area contributed by atoms with Gasteiger partial charge in [0.25, 0.3) is 0 Å². The van der Waals surface area contributed by atoms with E-state index in [9.17, 15) is 18.0 Å². The smallest absolute Gasteiger partial charge is 0.244 e. The molecule has 41 heavy (non-hydrogen) atoms. The monoisotopic (exact) mass is 643 g/mol. The highest BCUT2D eigenvalue weighted by Gasteiger charge is 2.51. The van der Waals surface area contributed by atoms with Crippen molar-refractivity contribution in [1.29, 1.82) is 0 Å². The van der Waals surface area contributed by atoms with Crippen molar-refractivity contribution in [3.05, 3.63) is 64.1 Å². The number of benzene rings is 2.